The van der Waals surface area contributed by atoms with Gasteiger partial charge in [-0.1, -0.05) is 18.2 Å². The van der Waals surface area contributed by atoms with Crippen LogP contribution in [0.25, 0.3) is 0 Å². The molecule has 0 amide bonds. The largest absolute Gasteiger partial charge is 0.373 e. The van der Waals surface area contributed by atoms with Crippen molar-refractivity contribution in [3.63, 3.8) is 0 Å². The molecular formula is C10H14N2. The molecule has 2 heteroatoms. The number of benzene rings is 1. The first kappa shape index (κ1) is 7.62. The number of nitrogens with zero attached hydrogens (tertiary/aromatic N) is 1. The van der Waals surface area contributed by atoms with E-state index in [0.717, 1.165) is 13.0 Å². The number of anilines is 1. The fourth-order valence-corrected chi connectivity index (χ4v) is 1.85. The predicted octanol–water partition coefficient (Wildman–Crippen LogP) is 1.01. The maximum Gasteiger partial charge on any atom is 0.0397 e. The van der Waals surface area contributed by atoms with Gasteiger partial charge in [-0.2, -0.15) is 0 Å². The van der Waals surface area contributed by atoms with Gasteiger partial charge >= 0.3 is 0 Å². The number of likely N-dealkylation sites (N-methyl/N-ethyl adjacent to an activating group) is 1. The minimum Gasteiger partial charge on any atom is -0.373 e. The highest BCUT2D eigenvalue weighted by atomic mass is 15.1. The highest BCUT2D eigenvalue weighted by Gasteiger charge is 2.17. The summed E-state index contributed by atoms with van der Waals surface area (Å²) >= 11 is 0. The molecule has 12 heavy (non-hydrogen) atoms. The standard InChI is InChI=1S/C10H14N2/c1-12-7-9(11)6-8-4-2-3-5-10(8)12/h2-5,9H,6-7,11H2,1H3. The summed E-state index contributed by atoms with van der Waals surface area (Å²) in [5, 5.41) is 0. The zero-order valence-electron chi connectivity index (χ0n) is 7.33. The second-order valence-electron chi connectivity index (χ2n) is 3.47. The van der Waals surface area contributed by atoms with Crippen molar-refractivity contribution in [2.75, 3.05) is 18.5 Å². The molecule has 0 bridgehead atoms. The first-order valence-electron chi connectivity index (χ1n) is 4.32. The molecule has 1 aliphatic heterocycles. The Hall–Kier alpha value is -1.02. The molecule has 1 aromatic rings. The fraction of sp³-hybridized carbons (Fsp3) is 0.400. The molecule has 0 fully saturated rings. The van der Waals surface area contributed by atoms with E-state index in [0.29, 0.717) is 6.04 Å². The van der Waals surface area contributed by atoms with Gasteiger partial charge in [-0.15, -0.1) is 0 Å². The molecule has 2 N–H and O–H groups in total. The van der Waals surface area contributed by atoms with Gasteiger partial charge in [0.25, 0.3) is 0 Å². The van der Waals surface area contributed by atoms with Crippen molar-refractivity contribution in [1.82, 2.24) is 0 Å². The maximum absolute atomic E-state index is 5.90. The number of hydrogen-bond donors (Lipinski definition) is 1. The lowest BCUT2D eigenvalue weighted by Crippen LogP contribution is -2.41. The van der Waals surface area contributed by atoms with E-state index in [1.807, 2.05) is 0 Å². The Balaban J connectivity index is 2.40. The van der Waals surface area contributed by atoms with Gasteiger partial charge < -0.3 is 10.6 Å². The zero-order valence-corrected chi connectivity index (χ0v) is 7.33. The van der Waals surface area contributed by atoms with Gasteiger partial charge in [0, 0.05) is 25.3 Å². The van der Waals surface area contributed by atoms with E-state index < -0.39 is 0 Å². The molecule has 1 atom stereocenters. The number of hydrogen-bond acceptors (Lipinski definition) is 2. The third-order valence-electron chi connectivity index (χ3n) is 2.39. The third kappa shape index (κ3) is 1.18. The fourth-order valence-electron chi connectivity index (χ4n) is 1.85. The summed E-state index contributed by atoms with van der Waals surface area (Å²) in [6.07, 6.45) is 1.01. The Bertz CT molecular complexity index is 283. The smallest absolute Gasteiger partial charge is 0.0397 e. The van der Waals surface area contributed by atoms with Gasteiger partial charge in [0.15, 0.2) is 0 Å². The van der Waals surface area contributed by atoms with Gasteiger partial charge in [0.2, 0.25) is 0 Å². The first-order valence-corrected chi connectivity index (χ1v) is 4.32. The summed E-state index contributed by atoms with van der Waals surface area (Å²) < 4.78 is 0. The topological polar surface area (TPSA) is 29.3 Å². The summed E-state index contributed by atoms with van der Waals surface area (Å²) in [5.41, 5.74) is 8.60. The Labute approximate surface area is 73.0 Å². The van der Waals surface area contributed by atoms with Crippen LogP contribution in [0.3, 0.4) is 0 Å². The molecule has 64 valence electrons. The number of para-hydroxylation sites is 1. The third-order valence-corrected chi connectivity index (χ3v) is 2.39. The van der Waals surface area contributed by atoms with Gasteiger partial charge in [-0.25, -0.2) is 0 Å². The van der Waals surface area contributed by atoms with E-state index in [1.165, 1.54) is 11.3 Å². The van der Waals surface area contributed by atoms with Gasteiger partial charge in [-0.3, -0.25) is 0 Å². The van der Waals surface area contributed by atoms with Crippen LogP contribution >= 0.6 is 0 Å². The monoisotopic (exact) mass is 162 g/mol. The lowest BCUT2D eigenvalue weighted by Gasteiger charge is -2.31. The molecule has 0 aromatic heterocycles. The van der Waals surface area contributed by atoms with Crippen LogP contribution in [0.4, 0.5) is 5.69 Å². The molecule has 0 spiro atoms. The van der Waals surface area contributed by atoms with Crippen molar-refractivity contribution in [1.29, 1.82) is 0 Å². The van der Waals surface area contributed by atoms with Crippen LogP contribution in [0.15, 0.2) is 24.3 Å². The molecule has 0 radical (unpaired) electrons. The minimum atomic E-state index is 0.296. The quantitative estimate of drug-likeness (QED) is 0.617. The van der Waals surface area contributed by atoms with Gasteiger partial charge in [0.05, 0.1) is 0 Å². The Kier molecular flexibility index (Phi) is 1.77. The molecular weight excluding hydrogens is 148 g/mol. The lowest BCUT2D eigenvalue weighted by atomic mass is 9.99. The number of rotatable bonds is 0. The maximum atomic E-state index is 5.90. The lowest BCUT2D eigenvalue weighted by molar-refractivity contribution is 0.628. The van der Waals surface area contributed by atoms with Crippen LogP contribution in [0.1, 0.15) is 5.56 Å². The highest BCUT2D eigenvalue weighted by molar-refractivity contribution is 5.55. The van der Waals surface area contributed by atoms with Crippen LogP contribution in [-0.4, -0.2) is 19.6 Å². The Morgan fingerprint density at radius 2 is 2.17 bits per heavy atom. The molecule has 0 saturated carbocycles. The zero-order chi connectivity index (χ0) is 8.55. The summed E-state index contributed by atoms with van der Waals surface area (Å²) in [6.45, 7) is 0.969. The van der Waals surface area contributed by atoms with Crippen molar-refractivity contribution < 1.29 is 0 Å². The Morgan fingerprint density at radius 1 is 1.42 bits per heavy atom. The number of nitrogens with two attached hydrogens (primary N) is 1. The van der Waals surface area contributed by atoms with Crippen LogP contribution < -0.4 is 10.6 Å². The predicted molar refractivity (Wildman–Crippen MR) is 51.4 cm³/mol. The Morgan fingerprint density at radius 3 is 3.00 bits per heavy atom. The van der Waals surface area contributed by atoms with Crippen molar-refractivity contribution in [2.24, 2.45) is 5.73 Å². The van der Waals surface area contributed by atoms with E-state index in [2.05, 4.69) is 36.2 Å². The molecule has 2 rings (SSSR count). The van der Waals surface area contributed by atoms with E-state index in [-0.39, 0.29) is 0 Å². The average Bonchev–Trinajstić information content (AvgIpc) is 2.04. The van der Waals surface area contributed by atoms with E-state index in [9.17, 15) is 0 Å². The van der Waals surface area contributed by atoms with Crippen LogP contribution in [0, 0.1) is 0 Å². The summed E-state index contributed by atoms with van der Waals surface area (Å²) in [4.78, 5) is 2.23. The van der Waals surface area contributed by atoms with E-state index >= 15 is 0 Å². The van der Waals surface area contributed by atoms with Crippen LogP contribution in [0.2, 0.25) is 0 Å². The highest BCUT2D eigenvalue weighted by Crippen LogP contribution is 2.24. The van der Waals surface area contributed by atoms with E-state index in [1.54, 1.807) is 0 Å². The summed E-state index contributed by atoms with van der Waals surface area (Å²) in [6, 6.07) is 8.76. The van der Waals surface area contributed by atoms with Crippen LogP contribution in [0.5, 0.6) is 0 Å². The van der Waals surface area contributed by atoms with Crippen molar-refractivity contribution in [3.8, 4) is 0 Å². The normalized spacial score (nSPS) is 22.2. The SMILES string of the molecule is CN1CC(N)Cc2ccccc21. The van der Waals surface area contributed by atoms with Gasteiger partial charge in [-0.05, 0) is 18.1 Å². The van der Waals surface area contributed by atoms with Crippen molar-refractivity contribution >= 4 is 5.69 Å². The van der Waals surface area contributed by atoms with E-state index in [4.69, 9.17) is 5.73 Å². The molecule has 2 nitrogen and oxygen atoms in total. The number of fused-ring (bicyclic) bond motifs is 1. The molecule has 1 unspecified atom stereocenters. The van der Waals surface area contributed by atoms with Crippen LogP contribution in [-0.2, 0) is 6.42 Å². The molecule has 1 aromatic carbocycles. The van der Waals surface area contributed by atoms with Crippen molar-refractivity contribution in [3.05, 3.63) is 29.8 Å². The second kappa shape index (κ2) is 2.79. The average molecular weight is 162 g/mol. The van der Waals surface area contributed by atoms with Gasteiger partial charge in [0.1, 0.15) is 0 Å². The summed E-state index contributed by atoms with van der Waals surface area (Å²) in [7, 11) is 2.10. The molecule has 0 aliphatic carbocycles. The second-order valence-corrected chi connectivity index (χ2v) is 3.47. The minimum absolute atomic E-state index is 0.296. The summed E-state index contributed by atoms with van der Waals surface area (Å²) in [5.74, 6) is 0. The molecule has 1 heterocycles. The van der Waals surface area contributed by atoms with Crippen molar-refractivity contribution in [2.45, 2.75) is 12.5 Å². The molecule has 1 aliphatic rings. The first-order chi connectivity index (χ1) is 5.77. The molecule has 0 saturated heterocycles.